The maximum absolute atomic E-state index is 2.39. The average molecular weight is 319 g/mol. The first-order chi connectivity index (χ1) is 11.2. The van der Waals surface area contributed by atoms with Gasteiger partial charge in [0.25, 0.3) is 0 Å². The van der Waals surface area contributed by atoms with E-state index in [0.29, 0.717) is 11.3 Å². The van der Waals surface area contributed by atoms with E-state index in [1.54, 1.807) is 0 Å². The average Bonchev–Trinajstić information content (AvgIpc) is 2.48. The summed E-state index contributed by atoms with van der Waals surface area (Å²) in [6.45, 7) is 14.2. The maximum atomic E-state index is 2.39. The third kappa shape index (κ3) is 3.34. The van der Waals surface area contributed by atoms with Gasteiger partial charge in [-0.05, 0) is 56.3 Å². The minimum atomic E-state index is 0.222. The molecule has 3 aromatic carbocycles. The lowest BCUT2D eigenvalue weighted by Crippen LogP contribution is -2.24. The van der Waals surface area contributed by atoms with Crippen molar-refractivity contribution in [2.45, 2.75) is 53.9 Å². The summed E-state index contributed by atoms with van der Waals surface area (Å²) in [6.07, 6.45) is 1.19. The molecule has 0 bridgehead atoms. The van der Waals surface area contributed by atoms with Gasteiger partial charge < -0.3 is 0 Å². The van der Waals surface area contributed by atoms with Gasteiger partial charge in [-0.1, -0.05) is 90.1 Å². The zero-order chi connectivity index (χ0) is 17.5. The van der Waals surface area contributed by atoms with Crippen LogP contribution in [0.2, 0.25) is 0 Å². The van der Waals surface area contributed by atoms with E-state index < -0.39 is 0 Å². The SMILES string of the molecule is CC(C)(C)CC(c1c2ccccc2cc2ccccc12)C(C)(C)C. The van der Waals surface area contributed by atoms with Crippen LogP contribution in [0.4, 0.5) is 0 Å². The molecule has 0 aliphatic rings. The molecule has 3 rings (SSSR count). The summed E-state index contributed by atoms with van der Waals surface area (Å²) in [6, 6.07) is 20.1. The van der Waals surface area contributed by atoms with Crippen molar-refractivity contribution < 1.29 is 0 Å². The summed E-state index contributed by atoms with van der Waals surface area (Å²) in [7, 11) is 0. The van der Waals surface area contributed by atoms with Crippen LogP contribution in [0.15, 0.2) is 54.6 Å². The van der Waals surface area contributed by atoms with Crippen LogP contribution in [-0.4, -0.2) is 0 Å². The summed E-state index contributed by atoms with van der Waals surface area (Å²) < 4.78 is 0. The van der Waals surface area contributed by atoms with Gasteiger partial charge in [-0.15, -0.1) is 0 Å². The Balaban J connectivity index is 2.38. The fourth-order valence-corrected chi connectivity index (χ4v) is 3.88. The van der Waals surface area contributed by atoms with Crippen molar-refractivity contribution in [3.63, 3.8) is 0 Å². The first-order valence-corrected chi connectivity index (χ1v) is 9.07. The van der Waals surface area contributed by atoms with Gasteiger partial charge in [-0.25, -0.2) is 0 Å². The molecule has 1 unspecified atom stereocenters. The molecule has 3 aromatic rings. The minimum absolute atomic E-state index is 0.222. The molecule has 1 atom stereocenters. The molecule has 0 aromatic heterocycles. The van der Waals surface area contributed by atoms with Crippen molar-refractivity contribution in [3.8, 4) is 0 Å². The smallest absolute Gasteiger partial charge is 0.00960 e. The van der Waals surface area contributed by atoms with Crippen LogP contribution in [0, 0.1) is 10.8 Å². The van der Waals surface area contributed by atoms with Gasteiger partial charge in [0.15, 0.2) is 0 Å². The first-order valence-electron chi connectivity index (χ1n) is 9.07. The van der Waals surface area contributed by atoms with Crippen LogP contribution in [-0.2, 0) is 0 Å². The Morgan fingerprint density at radius 1 is 0.708 bits per heavy atom. The monoisotopic (exact) mass is 318 g/mol. The van der Waals surface area contributed by atoms with Gasteiger partial charge in [0.05, 0.1) is 0 Å². The summed E-state index contributed by atoms with van der Waals surface area (Å²) in [5.41, 5.74) is 2.06. The Morgan fingerprint density at radius 3 is 1.58 bits per heavy atom. The normalized spacial score (nSPS) is 14.2. The third-order valence-corrected chi connectivity index (χ3v) is 5.02. The molecule has 0 heterocycles. The molecule has 0 aliphatic heterocycles. The van der Waals surface area contributed by atoms with E-state index in [1.165, 1.54) is 33.5 Å². The van der Waals surface area contributed by atoms with E-state index in [2.05, 4.69) is 96.1 Å². The van der Waals surface area contributed by atoms with E-state index >= 15 is 0 Å². The second-order valence-electron chi connectivity index (χ2n) is 9.42. The number of hydrogen-bond acceptors (Lipinski definition) is 0. The van der Waals surface area contributed by atoms with Crippen molar-refractivity contribution in [1.82, 2.24) is 0 Å². The maximum Gasteiger partial charge on any atom is -0.00960 e. The number of fused-ring (bicyclic) bond motifs is 2. The van der Waals surface area contributed by atoms with Gasteiger partial charge >= 0.3 is 0 Å². The molecule has 0 amide bonds. The summed E-state index contributed by atoms with van der Waals surface area (Å²) >= 11 is 0. The van der Waals surface area contributed by atoms with E-state index in [0.717, 1.165) is 0 Å². The molecule has 0 saturated heterocycles. The summed E-state index contributed by atoms with van der Waals surface area (Å²) in [5, 5.41) is 5.55. The second-order valence-corrected chi connectivity index (χ2v) is 9.42. The Hall–Kier alpha value is -1.82. The number of hydrogen-bond donors (Lipinski definition) is 0. The lowest BCUT2D eigenvalue weighted by Gasteiger charge is -2.37. The van der Waals surface area contributed by atoms with Gasteiger partial charge in [0, 0.05) is 0 Å². The van der Waals surface area contributed by atoms with Gasteiger partial charge in [-0.2, -0.15) is 0 Å². The highest BCUT2D eigenvalue weighted by molar-refractivity contribution is 6.02. The zero-order valence-electron chi connectivity index (χ0n) is 16.0. The predicted molar refractivity (Wildman–Crippen MR) is 108 cm³/mol. The molecule has 0 nitrogen and oxygen atoms in total. The van der Waals surface area contributed by atoms with Crippen LogP contribution in [0.1, 0.15) is 59.4 Å². The molecule has 126 valence electrons. The molecular formula is C24H30. The highest BCUT2D eigenvalue weighted by Crippen LogP contribution is 2.47. The van der Waals surface area contributed by atoms with Crippen molar-refractivity contribution >= 4 is 21.5 Å². The van der Waals surface area contributed by atoms with Crippen molar-refractivity contribution in [2.75, 3.05) is 0 Å². The van der Waals surface area contributed by atoms with Crippen molar-refractivity contribution in [2.24, 2.45) is 10.8 Å². The first kappa shape index (κ1) is 17.0. The van der Waals surface area contributed by atoms with Crippen molar-refractivity contribution in [1.29, 1.82) is 0 Å². The fraction of sp³-hybridized carbons (Fsp3) is 0.417. The Bertz CT molecular complexity index is 802. The number of rotatable bonds is 2. The molecule has 0 fully saturated rings. The fourth-order valence-electron chi connectivity index (χ4n) is 3.88. The van der Waals surface area contributed by atoms with E-state index in [9.17, 15) is 0 Å². The Morgan fingerprint density at radius 2 is 1.17 bits per heavy atom. The quantitative estimate of drug-likeness (QED) is 0.428. The topological polar surface area (TPSA) is 0 Å². The largest absolute Gasteiger partial charge is 0.0616 e. The molecule has 0 spiro atoms. The minimum Gasteiger partial charge on any atom is -0.0616 e. The van der Waals surface area contributed by atoms with Crippen LogP contribution < -0.4 is 0 Å². The van der Waals surface area contributed by atoms with Crippen LogP contribution in [0.5, 0.6) is 0 Å². The lowest BCUT2D eigenvalue weighted by atomic mass is 9.67. The van der Waals surface area contributed by atoms with Crippen LogP contribution >= 0.6 is 0 Å². The molecule has 24 heavy (non-hydrogen) atoms. The predicted octanol–water partition coefficient (Wildman–Crippen LogP) is 7.56. The molecule has 0 aliphatic carbocycles. The van der Waals surface area contributed by atoms with Gasteiger partial charge in [0.2, 0.25) is 0 Å². The van der Waals surface area contributed by atoms with E-state index in [1.807, 2.05) is 0 Å². The van der Waals surface area contributed by atoms with Gasteiger partial charge in [-0.3, -0.25) is 0 Å². The van der Waals surface area contributed by atoms with E-state index in [-0.39, 0.29) is 5.41 Å². The van der Waals surface area contributed by atoms with Gasteiger partial charge in [0.1, 0.15) is 0 Å². The standard InChI is InChI=1S/C24H30/c1-23(2,3)16-21(24(4,5)6)22-19-13-9-7-11-17(19)15-18-12-8-10-14-20(18)22/h7-15,21H,16H2,1-6H3. The molecule has 0 radical (unpaired) electrons. The number of benzene rings is 3. The van der Waals surface area contributed by atoms with Crippen LogP contribution in [0.3, 0.4) is 0 Å². The Labute approximate surface area is 146 Å². The van der Waals surface area contributed by atoms with Crippen molar-refractivity contribution in [3.05, 3.63) is 60.2 Å². The summed E-state index contributed by atoms with van der Waals surface area (Å²) in [4.78, 5) is 0. The molecule has 0 N–H and O–H groups in total. The third-order valence-electron chi connectivity index (χ3n) is 5.02. The highest BCUT2D eigenvalue weighted by atomic mass is 14.4. The molecular weight excluding hydrogens is 288 g/mol. The molecule has 0 heteroatoms. The van der Waals surface area contributed by atoms with E-state index in [4.69, 9.17) is 0 Å². The Kier molecular flexibility index (Phi) is 4.20. The summed E-state index contributed by atoms with van der Waals surface area (Å²) in [5.74, 6) is 0.522. The highest BCUT2D eigenvalue weighted by Gasteiger charge is 2.32. The second kappa shape index (κ2) is 5.92. The lowest BCUT2D eigenvalue weighted by molar-refractivity contribution is 0.231. The molecule has 0 saturated carbocycles. The van der Waals surface area contributed by atoms with Crippen LogP contribution in [0.25, 0.3) is 21.5 Å². The zero-order valence-corrected chi connectivity index (χ0v) is 16.0.